The van der Waals surface area contributed by atoms with Gasteiger partial charge in [-0.3, -0.25) is 4.90 Å². The van der Waals surface area contributed by atoms with E-state index < -0.39 is 0 Å². The summed E-state index contributed by atoms with van der Waals surface area (Å²) in [7, 11) is 0. The summed E-state index contributed by atoms with van der Waals surface area (Å²) in [6.45, 7) is 3.35. The standard InChI is InChI=1S/C11H13FIN/c12-10-4-3-9(7-11(10)13)8-14-5-1-2-6-14/h3-4,7H,1-2,5-6,8H2. The molecular weight excluding hydrogens is 292 g/mol. The highest BCUT2D eigenvalue weighted by atomic mass is 127. The van der Waals surface area contributed by atoms with Crippen LogP contribution in [0, 0.1) is 9.39 Å². The molecule has 0 N–H and O–H groups in total. The number of hydrogen-bond acceptors (Lipinski definition) is 1. The van der Waals surface area contributed by atoms with E-state index in [4.69, 9.17) is 0 Å². The molecule has 1 aliphatic heterocycles. The molecule has 1 heterocycles. The van der Waals surface area contributed by atoms with Gasteiger partial charge in [-0.25, -0.2) is 4.39 Å². The van der Waals surface area contributed by atoms with Crippen molar-refractivity contribution in [3.63, 3.8) is 0 Å². The average molecular weight is 305 g/mol. The van der Waals surface area contributed by atoms with Gasteiger partial charge in [0.2, 0.25) is 0 Å². The van der Waals surface area contributed by atoms with Gasteiger partial charge in [0.25, 0.3) is 0 Å². The Morgan fingerprint density at radius 3 is 2.64 bits per heavy atom. The second kappa shape index (κ2) is 4.57. The maximum atomic E-state index is 13.0. The van der Waals surface area contributed by atoms with Crippen LogP contribution in [0.1, 0.15) is 18.4 Å². The molecule has 0 bridgehead atoms. The van der Waals surface area contributed by atoms with E-state index in [-0.39, 0.29) is 5.82 Å². The molecule has 1 nitrogen and oxygen atoms in total. The van der Waals surface area contributed by atoms with Gasteiger partial charge in [-0.05, 0) is 66.2 Å². The van der Waals surface area contributed by atoms with Gasteiger partial charge in [-0.2, -0.15) is 0 Å². The molecule has 0 aromatic heterocycles. The minimum atomic E-state index is -0.115. The van der Waals surface area contributed by atoms with Crippen molar-refractivity contribution in [2.45, 2.75) is 19.4 Å². The highest BCUT2D eigenvalue weighted by Crippen LogP contribution is 2.16. The molecular formula is C11H13FIN. The average Bonchev–Trinajstić information content (AvgIpc) is 2.64. The van der Waals surface area contributed by atoms with Gasteiger partial charge in [0, 0.05) is 10.1 Å². The first kappa shape index (κ1) is 10.4. The maximum Gasteiger partial charge on any atom is 0.136 e. The van der Waals surface area contributed by atoms with Crippen LogP contribution in [-0.2, 0) is 6.54 Å². The molecule has 0 unspecified atom stereocenters. The molecule has 1 aliphatic rings. The van der Waals surface area contributed by atoms with Crippen LogP contribution in [0.15, 0.2) is 18.2 Å². The normalized spacial score (nSPS) is 17.6. The fourth-order valence-electron chi connectivity index (χ4n) is 1.84. The predicted molar refractivity (Wildman–Crippen MR) is 63.6 cm³/mol. The summed E-state index contributed by atoms with van der Waals surface area (Å²) in [6.07, 6.45) is 2.61. The molecule has 0 radical (unpaired) electrons. The summed E-state index contributed by atoms with van der Waals surface area (Å²) in [5.41, 5.74) is 1.22. The molecule has 0 spiro atoms. The third-order valence-corrected chi connectivity index (χ3v) is 3.42. The first-order valence-corrected chi connectivity index (χ1v) is 6.00. The van der Waals surface area contributed by atoms with Gasteiger partial charge in [0.1, 0.15) is 5.82 Å². The summed E-state index contributed by atoms with van der Waals surface area (Å²) in [6, 6.07) is 5.39. The van der Waals surface area contributed by atoms with Crippen LogP contribution >= 0.6 is 22.6 Å². The van der Waals surface area contributed by atoms with Crippen molar-refractivity contribution in [3.8, 4) is 0 Å². The van der Waals surface area contributed by atoms with E-state index in [1.165, 1.54) is 31.5 Å². The van der Waals surface area contributed by atoms with Crippen LogP contribution in [0.5, 0.6) is 0 Å². The summed E-state index contributed by atoms with van der Waals surface area (Å²) < 4.78 is 13.7. The SMILES string of the molecule is Fc1ccc(CN2CCCC2)cc1I. The fourth-order valence-corrected chi connectivity index (χ4v) is 2.42. The van der Waals surface area contributed by atoms with Crippen molar-refractivity contribution < 1.29 is 4.39 Å². The summed E-state index contributed by atoms with van der Waals surface area (Å²) in [5, 5.41) is 0. The first-order valence-electron chi connectivity index (χ1n) is 4.92. The molecule has 1 fully saturated rings. The van der Waals surface area contributed by atoms with Crippen molar-refractivity contribution in [1.29, 1.82) is 0 Å². The largest absolute Gasteiger partial charge is 0.299 e. The van der Waals surface area contributed by atoms with E-state index in [0.717, 1.165) is 10.1 Å². The van der Waals surface area contributed by atoms with Crippen molar-refractivity contribution in [1.82, 2.24) is 4.90 Å². The molecule has 3 heteroatoms. The van der Waals surface area contributed by atoms with Crippen molar-refractivity contribution in [2.24, 2.45) is 0 Å². The number of rotatable bonds is 2. The van der Waals surface area contributed by atoms with Gasteiger partial charge in [0.05, 0.1) is 0 Å². The smallest absolute Gasteiger partial charge is 0.136 e. The molecule has 2 rings (SSSR count). The molecule has 0 aliphatic carbocycles. The Balaban J connectivity index is 2.05. The number of benzene rings is 1. The molecule has 0 saturated carbocycles. The van der Waals surface area contributed by atoms with Crippen LogP contribution in [0.2, 0.25) is 0 Å². The van der Waals surface area contributed by atoms with Crippen LogP contribution in [0.3, 0.4) is 0 Å². The Bertz CT molecular complexity index is 321. The molecule has 76 valence electrons. The van der Waals surface area contributed by atoms with E-state index in [1.54, 1.807) is 6.07 Å². The number of hydrogen-bond donors (Lipinski definition) is 0. The minimum Gasteiger partial charge on any atom is -0.299 e. The lowest BCUT2D eigenvalue weighted by Gasteiger charge is -2.14. The van der Waals surface area contributed by atoms with E-state index in [2.05, 4.69) is 4.90 Å². The van der Waals surface area contributed by atoms with Gasteiger partial charge >= 0.3 is 0 Å². The van der Waals surface area contributed by atoms with Gasteiger partial charge in [-0.1, -0.05) is 6.07 Å². The fraction of sp³-hybridized carbons (Fsp3) is 0.455. The Kier molecular flexibility index (Phi) is 3.38. The number of nitrogens with zero attached hydrogens (tertiary/aromatic N) is 1. The van der Waals surface area contributed by atoms with Gasteiger partial charge in [-0.15, -0.1) is 0 Å². The molecule has 1 saturated heterocycles. The molecule has 1 aromatic carbocycles. The monoisotopic (exact) mass is 305 g/mol. The second-order valence-electron chi connectivity index (χ2n) is 3.73. The highest BCUT2D eigenvalue weighted by Gasteiger charge is 2.12. The maximum absolute atomic E-state index is 13.0. The molecule has 0 atom stereocenters. The quantitative estimate of drug-likeness (QED) is 0.759. The third-order valence-electron chi connectivity index (χ3n) is 2.59. The summed E-state index contributed by atoms with van der Waals surface area (Å²) >= 11 is 2.04. The zero-order valence-corrected chi connectivity index (χ0v) is 10.1. The lowest BCUT2D eigenvalue weighted by atomic mass is 10.2. The predicted octanol–water partition coefficient (Wildman–Crippen LogP) is 3.03. The second-order valence-corrected chi connectivity index (χ2v) is 4.89. The Morgan fingerprint density at radius 1 is 1.29 bits per heavy atom. The third kappa shape index (κ3) is 2.45. The van der Waals surface area contributed by atoms with Gasteiger partial charge < -0.3 is 0 Å². The number of halogens is 2. The van der Waals surface area contributed by atoms with Crippen LogP contribution in [-0.4, -0.2) is 18.0 Å². The Labute approximate surface area is 97.4 Å². The molecule has 0 amide bonds. The minimum absolute atomic E-state index is 0.115. The number of likely N-dealkylation sites (tertiary alicyclic amines) is 1. The van der Waals surface area contributed by atoms with Crippen molar-refractivity contribution in [3.05, 3.63) is 33.1 Å². The lowest BCUT2D eigenvalue weighted by Crippen LogP contribution is -2.18. The summed E-state index contributed by atoms with van der Waals surface area (Å²) in [5.74, 6) is -0.115. The van der Waals surface area contributed by atoms with E-state index in [9.17, 15) is 4.39 Å². The summed E-state index contributed by atoms with van der Waals surface area (Å²) in [4.78, 5) is 2.42. The molecule has 14 heavy (non-hydrogen) atoms. The van der Waals surface area contributed by atoms with Crippen LogP contribution in [0.4, 0.5) is 4.39 Å². The first-order chi connectivity index (χ1) is 6.75. The molecule has 1 aromatic rings. The van der Waals surface area contributed by atoms with Crippen molar-refractivity contribution >= 4 is 22.6 Å². The van der Waals surface area contributed by atoms with Crippen LogP contribution in [0.25, 0.3) is 0 Å². The Morgan fingerprint density at radius 2 is 2.00 bits per heavy atom. The topological polar surface area (TPSA) is 3.24 Å². The van der Waals surface area contributed by atoms with E-state index in [1.807, 2.05) is 34.7 Å². The van der Waals surface area contributed by atoms with E-state index in [0.29, 0.717) is 0 Å². The lowest BCUT2D eigenvalue weighted by molar-refractivity contribution is 0.331. The van der Waals surface area contributed by atoms with Gasteiger partial charge in [0.15, 0.2) is 0 Å². The zero-order chi connectivity index (χ0) is 9.97. The highest BCUT2D eigenvalue weighted by molar-refractivity contribution is 14.1. The zero-order valence-electron chi connectivity index (χ0n) is 7.97. The Hall–Kier alpha value is -0.160. The van der Waals surface area contributed by atoms with Crippen LogP contribution < -0.4 is 0 Å². The van der Waals surface area contributed by atoms with E-state index >= 15 is 0 Å². The van der Waals surface area contributed by atoms with Crippen molar-refractivity contribution in [2.75, 3.05) is 13.1 Å².